The Morgan fingerprint density at radius 3 is 2.42 bits per heavy atom. The van der Waals surface area contributed by atoms with Crippen LogP contribution >= 0.6 is 15.9 Å². The molecule has 1 aromatic carbocycles. The second-order valence-electron chi connectivity index (χ2n) is 4.63. The summed E-state index contributed by atoms with van der Waals surface area (Å²) in [4.78, 5) is 10.9. The van der Waals surface area contributed by atoms with Crippen LogP contribution in [0.2, 0.25) is 0 Å². The fourth-order valence-corrected chi connectivity index (χ4v) is 1.97. The first kappa shape index (κ1) is 13.8. The second-order valence-corrected chi connectivity index (χ2v) is 5.54. The van der Waals surface area contributed by atoms with Gasteiger partial charge in [-0.3, -0.25) is 4.79 Å². The summed E-state index contributed by atoms with van der Waals surface area (Å²) >= 11 is 3.40. The molecule has 2 rings (SSSR count). The monoisotopic (exact) mass is 318 g/mol. The molecule has 0 saturated carbocycles. The van der Waals surface area contributed by atoms with Crippen LogP contribution in [-0.4, -0.2) is 6.29 Å². The van der Waals surface area contributed by atoms with Gasteiger partial charge in [-0.15, -0.1) is 0 Å². The minimum absolute atomic E-state index is 0.193. The summed E-state index contributed by atoms with van der Waals surface area (Å²) in [5, 5.41) is 0. The normalized spacial score (nSPS) is 11.9. The van der Waals surface area contributed by atoms with Gasteiger partial charge in [0.15, 0.2) is 0 Å². The molecule has 19 heavy (non-hydrogen) atoms. The quantitative estimate of drug-likeness (QED) is 0.590. The smallest absolute Gasteiger partial charge is 0.146 e. The number of furan rings is 1. The number of allylic oxidation sites excluding steroid dienone is 1. The number of carbonyl (C=O) groups excluding carboxylic acids is 1. The van der Waals surface area contributed by atoms with Crippen molar-refractivity contribution in [1.29, 1.82) is 0 Å². The minimum atomic E-state index is 0.193. The van der Waals surface area contributed by atoms with E-state index in [4.69, 9.17) is 4.42 Å². The first-order valence-electron chi connectivity index (χ1n) is 6.12. The van der Waals surface area contributed by atoms with E-state index in [1.165, 1.54) is 0 Å². The lowest BCUT2D eigenvalue weighted by molar-refractivity contribution is -0.105. The number of benzene rings is 1. The Kier molecular flexibility index (Phi) is 4.38. The molecule has 0 aliphatic heterocycles. The average molecular weight is 319 g/mol. The number of hydrogen-bond acceptors (Lipinski definition) is 2. The van der Waals surface area contributed by atoms with Crippen LogP contribution in [0, 0.1) is 5.92 Å². The van der Waals surface area contributed by atoms with E-state index in [-0.39, 0.29) is 5.92 Å². The van der Waals surface area contributed by atoms with Crippen molar-refractivity contribution in [3.05, 3.63) is 52.2 Å². The third-order valence-electron chi connectivity index (χ3n) is 2.87. The van der Waals surface area contributed by atoms with Crippen LogP contribution in [0.3, 0.4) is 0 Å². The number of aldehydes is 1. The van der Waals surface area contributed by atoms with Gasteiger partial charge in [0.2, 0.25) is 0 Å². The maximum absolute atomic E-state index is 10.9. The zero-order valence-electron chi connectivity index (χ0n) is 10.9. The maximum Gasteiger partial charge on any atom is 0.146 e. The van der Waals surface area contributed by atoms with Gasteiger partial charge in [-0.2, -0.15) is 0 Å². The molecule has 98 valence electrons. The molecule has 0 N–H and O–H groups in total. The lowest BCUT2D eigenvalue weighted by Crippen LogP contribution is -1.94. The van der Waals surface area contributed by atoms with Crippen molar-refractivity contribution in [3.8, 4) is 11.3 Å². The number of carbonyl (C=O) groups is 1. The predicted octanol–water partition coefficient (Wildman–Crippen LogP) is 4.95. The Morgan fingerprint density at radius 1 is 1.16 bits per heavy atom. The van der Waals surface area contributed by atoms with Crippen molar-refractivity contribution >= 4 is 28.3 Å². The van der Waals surface area contributed by atoms with Crippen LogP contribution in [0.1, 0.15) is 19.6 Å². The van der Waals surface area contributed by atoms with Crippen LogP contribution in [0.15, 0.2) is 50.9 Å². The zero-order chi connectivity index (χ0) is 13.8. The summed E-state index contributed by atoms with van der Waals surface area (Å²) in [7, 11) is 0. The minimum Gasteiger partial charge on any atom is -0.457 e. The van der Waals surface area contributed by atoms with Gasteiger partial charge in [-0.25, -0.2) is 0 Å². The molecule has 1 heterocycles. The Morgan fingerprint density at radius 2 is 1.84 bits per heavy atom. The summed E-state index contributed by atoms with van der Waals surface area (Å²) in [6.45, 7) is 3.97. The van der Waals surface area contributed by atoms with E-state index in [0.29, 0.717) is 5.76 Å². The molecule has 3 heteroatoms. The molecule has 0 radical (unpaired) electrons. The first-order valence-corrected chi connectivity index (χ1v) is 6.92. The van der Waals surface area contributed by atoms with E-state index in [9.17, 15) is 4.79 Å². The van der Waals surface area contributed by atoms with Crippen molar-refractivity contribution in [1.82, 2.24) is 0 Å². The molecule has 0 unspecified atom stereocenters. The van der Waals surface area contributed by atoms with Gasteiger partial charge >= 0.3 is 0 Å². The summed E-state index contributed by atoms with van der Waals surface area (Å²) in [5.41, 5.74) is 1.75. The molecule has 0 bridgehead atoms. The van der Waals surface area contributed by atoms with Crippen molar-refractivity contribution in [2.75, 3.05) is 0 Å². The molecule has 2 nitrogen and oxygen atoms in total. The zero-order valence-corrected chi connectivity index (χ0v) is 12.5. The van der Waals surface area contributed by atoms with E-state index in [1.807, 2.05) is 50.2 Å². The molecular formula is C16H15BrO2. The summed E-state index contributed by atoms with van der Waals surface area (Å²) in [6, 6.07) is 11.7. The molecule has 0 fully saturated rings. The van der Waals surface area contributed by atoms with Crippen LogP contribution < -0.4 is 0 Å². The van der Waals surface area contributed by atoms with Gasteiger partial charge in [0.1, 0.15) is 17.8 Å². The fraction of sp³-hybridized carbons (Fsp3) is 0.188. The van der Waals surface area contributed by atoms with E-state index in [1.54, 1.807) is 6.08 Å². The van der Waals surface area contributed by atoms with Crippen LogP contribution in [-0.2, 0) is 4.79 Å². The van der Waals surface area contributed by atoms with E-state index in [2.05, 4.69) is 15.9 Å². The number of rotatable bonds is 4. The lowest BCUT2D eigenvalue weighted by Gasteiger charge is -2.01. The van der Waals surface area contributed by atoms with Crippen LogP contribution in [0.5, 0.6) is 0 Å². The largest absolute Gasteiger partial charge is 0.457 e. The Balaban J connectivity index is 2.29. The Labute approximate surface area is 121 Å². The highest BCUT2D eigenvalue weighted by atomic mass is 79.9. The van der Waals surface area contributed by atoms with Crippen LogP contribution in [0.25, 0.3) is 17.4 Å². The Bertz CT molecular complexity index is 591. The highest BCUT2D eigenvalue weighted by Crippen LogP contribution is 2.25. The molecule has 0 amide bonds. The maximum atomic E-state index is 10.9. The van der Waals surface area contributed by atoms with Gasteiger partial charge < -0.3 is 4.42 Å². The number of hydrogen-bond donors (Lipinski definition) is 0. The molecule has 0 aliphatic rings. The Hall–Kier alpha value is -1.61. The highest BCUT2D eigenvalue weighted by Gasteiger charge is 2.06. The molecule has 1 aromatic heterocycles. The predicted molar refractivity (Wildman–Crippen MR) is 80.7 cm³/mol. The summed E-state index contributed by atoms with van der Waals surface area (Å²) < 4.78 is 6.77. The van der Waals surface area contributed by atoms with E-state index < -0.39 is 0 Å². The van der Waals surface area contributed by atoms with E-state index in [0.717, 1.165) is 27.7 Å². The highest BCUT2D eigenvalue weighted by molar-refractivity contribution is 9.10. The standard InChI is InChI=1S/C16H15BrO2/c1-11(2)13(10-18)9-15-7-8-16(19-15)12-3-5-14(17)6-4-12/h3-11H,1-2H3. The summed E-state index contributed by atoms with van der Waals surface area (Å²) in [6.07, 6.45) is 2.67. The fourth-order valence-electron chi connectivity index (χ4n) is 1.70. The summed E-state index contributed by atoms with van der Waals surface area (Å²) in [5.74, 6) is 1.69. The topological polar surface area (TPSA) is 30.2 Å². The van der Waals surface area contributed by atoms with Gasteiger partial charge in [-0.05, 0) is 41.8 Å². The SMILES string of the molecule is CC(C)C(C=O)=Cc1ccc(-c2ccc(Br)cc2)o1. The third-order valence-corrected chi connectivity index (χ3v) is 3.40. The van der Waals surface area contributed by atoms with Gasteiger partial charge in [-0.1, -0.05) is 41.9 Å². The molecule has 0 saturated heterocycles. The molecule has 0 spiro atoms. The van der Waals surface area contributed by atoms with Gasteiger partial charge in [0.25, 0.3) is 0 Å². The molecular weight excluding hydrogens is 304 g/mol. The lowest BCUT2D eigenvalue weighted by atomic mass is 10.0. The second kappa shape index (κ2) is 6.02. The van der Waals surface area contributed by atoms with Crippen molar-refractivity contribution < 1.29 is 9.21 Å². The van der Waals surface area contributed by atoms with Gasteiger partial charge in [0.05, 0.1) is 0 Å². The van der Waals surface area contributed by atoms with Crippen molar-refractivity contribution in [2.24, 2.45) is 5.92 Å². The molecule has 0 aliphatic carbocycles. The number of halogens is 1. The third kappa shape index (κ3) is 3.44. The first-order chi connectivity index (χ1) is 9.10. The van der Waals surface area contributed by atoms with E-state index >= 15 is 0 Å². The molecule has 2 aromatic rings. The van der Waals surface area contributed by atoms with Crippen molar-refractivity contribution in [2.45, 2.75) is 13.8 Å². The van der Waals surface area contributed by atoms with Crippen molar-refractivity contribution in [3.63, 3.8) is 0 Å². The molecule has 0 atom stereocenters. The van der Waals surface area contributed by atoms with Gasteiger partial charge in [0, 0.05) is 10.0 Å². The average Bonchev–Trinajstić information content (AvgIpc) is 2.85. The van der Waals surface area contributed by atoms with Crippen LogP contribution in [0.4, 0.5) is 0 Å².